The smallest absolute Gasteiger partial charge is 0.309 e. The van der Waals surface area contributed by atoms with Crippen molar-refractivity contribution in [3.8, 4) is 5.69 Å². The fraction of sp³-hybridized carbons (Fsp3) is 0.524. The average Bonchev–Trinajstić information content (AvgIpc) is 3.28. The highest BCUT2D eigenvalue weighted by Gasteiger charge is 2.29. The highest BCUT2D eigenvalue weighted by atomic mass is 16.5. The number of benzene rings is 1. The standard InChI is InChI=1S/C21H29N5O3/c1-4-29-21(28)18-9-11-25(12-10-18)20(27)13-24(3)16(2)17-5-7-19(8-6-17)26-15-22-14-23-26/h5-8,14-16,18H,4,9-13H2,1-3H3. The molecule has 1 saturated heterocycles. The van der Waals surface area contributed by atoms with Crippen LogP contribution in [0.2, 0.25) is 0 Å². The number of likely N-dealkylation sites (N-methyl/N-ethyl adjacent to an activating group) is 1. The Morgan fingerprint density at radius 2 is 1.93 bits per heavy atom. The molecule has 156 valence electrons. The first kappa shape index (κ1) is 21.0. The lowest BCUT2D eigenvalue weighted by atomic mass is 9.97. The van der Waals surface area contributed by atoms with E-state index in [1.165, 1.54) is 6.33 Å². The summed E-state index contributed by atoms with van der Waals surface area (Å²) < 4.78 is 6.80. The average molecular weight is 399 g/mol. The van der Waals surface area contributed by atoms with E-state index in [0.717, 1.165) is 11.3 Å². The molecule has 1 atom stereocenters. The number of aromatic nitrogens is 3. The van der Waals surface area contributed by atoms with Gasteiger partial charge in [0.15, 0.2) is 0 Å². The fourth-order valence-electron chi connectivity index (χ4n) is 3.58. The first-order valence-electron chi connectivity index (χ1n) is 10.1. The molecule has 1 aromatic carbocycles. The Balaban J connectivity index is 1.51. The van der Waals surface area contributed by atoms with Gasteiger partial charge in [-0.25, -0.2) is 9.67 Å². The first-order valence-corrected chi connectivity index (χ1v) is 10.1. The molecule has 1 aromatic heterocycles. The van der Waals surface area contributed by atoms with Crippen LogP contribution >= 0.6 is 0 Å². The van der Waals surface area contributed by atoms with E-state index in [1.807, 2.05) is 48.0 Å². The highest BCUT2D eigenvalue weighted by Crippen LogP contribution is 2.22. The molecule has 1 fully saturated rings. The summed E-state index contributed by atoms with van der Waals surface area (Å²) in [4.78, 5) is 32.4. The summed E-state index contributed by atoms with van der Waals surface area (Å²) in [5.74, 6) is -0.125. The number of piperidine rings is 1. The van der Waals surface area contributed by atoms with Crippen LogP contribution < -0.4 is 0 Å². The monoisotopic (exact) mass is 399 g/mol. The number of rotatable bonds is 7. The van der Waals surface area contributed by atoms with Crippen molar-refractivity contribution >= 4 is 11.9 Å². The zero-order valence-electron chi connectivity index (χ0n) is 17.3. The van der Waals surface area contributed by atoms with Crippen LogP contribution in [0.4, 0.5) is 0 Å². The molecule has 1 unspecified atom stereocenters. The number of likely N-dealkylation sites (tertiary alicyclic amines) is 1. The van der Waals surface area contributed by atoms with E-state index in [4.69, 9.17) is 4.74 Å². The van der Waals surface area contributed by atoms with Crippen LogP contribution in [-0.2, 0) is 14.3 Å². The Morgan fingerprint density at radius 3 is 2.52 bits per heavy atom. The number of amides is 1. The summed E-state index contributed by atoms with van der Waals surface area (Å²) in [6.45, 7) is 5.87. The topological polar surface area (TPSA) is 80.6 Å². The lowest BCUT2D eigenvalue weighted by molar-refractivity contribution is -0.151. The minimum absolute atomic E-state index is 0.0841. The molecule has 0 bridgehead atoms. The van der Waals surface area contributed by atoms with Gasteiger partial charge < -0.3 is 9.64 Å². The molecule has 1 amide bonds. The van der Waals surface area contributed by atoms with Crippen molar-refractivity contribution in [2.24, 2.45) is 5.92 Å². The van der Waals surface area contributed by atoms with Gasteiger partial charge in [0.1, 0.15) is 12.7 Å². The van der Waals surface area contributed by atoms with Gasteiger partial charge in [-0.3, -0.25) is 14.5 Å². The third-order valence-corrected chi connectivity index (χ3v) is 5.57. The summed E-state index contributed by atoms with van der Waals surface area (Å²) in [7, 11) is 1.96. The largest absolute Gasteiger partial charge is 0.466 e. The number of esters is 1. The summed E-state index contributed by atoms with van der Waals surface area (Å²) >= 11 is 0. The van der Waals surface area contributed by atoms with E-state index in [0.29, 0.717) is 39.1 Å². The zero-order chi connectivity index (χ0) is 20.8. The molecule has 0 radical (unpaired) electrons. The number of hydrogen-bond acceptors (Lipinski definition) is 6. The number of hydrogen-bond donors (Lipinski definition) is 0. The summed E-state index contributed by atoms with van der Waals surface area (Å²) in [5.41, 5.74) is 2.08. The molecule has 1 aliphatic heterocycles. The molecule has 29 heavy (non-hydrogen) atoms. The van der Waals surface area contributed by atoms with Crippen molar-refractivity contribution in [3.05, 3.63) is 42.5 Å². The van der Waals surface area contributed by atoms with Gasteiger partial charge in [0.05, 0.1) is 24.8 Å². The molecule has 2 aromatic rings. The number of carbonyl (C=O) groups excluding carboxylic acids is 2. The van der Waals surface area contributed by atoms with Gasteiger partial charge in [-0.05, 0) is 51.4 Å². The predicted octanol–water partition coefficient (Wildman–Crippen LogP) is 2.06. The van der Waals surface area contributed by atoms with E-state index in [-0.39, 0.29) is 23.8 Å². The van der Waals surface area contributed by atoms with Crippen LogP contribution in [0.1, 0.15) is 38.3 Å². The van der Waals surface area contributed by atoms with Crippen molar-refractivity contribution in [1.82, 2.24) is 24.6 Å². The summed E-state index contributed by atoms with van der Waals surface area (Å²) in [6, 6.07) is 8.19. The van der Waals surface area contributed by atoms with Crippen molar-refractivity contribution in [2.45, 2.75) is 32.7 Å². The Hall–Kier alpha value is -2.74. The van der Waals surface area contributed by atoms with E-state index in [1.54, 1.807) is 11.0 Å². The molecule has 8 nitrogen and oxygen atoms in total. The molecule has 0 aliphatic carbocycles. The van der Waals surface area contributed by atoms with Crippen LogP contribution in [-0.4, -0.2) is 69.7 Å². The molecular formula is C21H29N5O3. The quantitative estimate of drug-likeness (QED) is 0.663. The lowest BCUT2D eigenvalue weighted by Gasteiger charge is -2.33. The maximum Gasteiger partial charge on any atom is 0.309 e. The van der Waals surface area contributed by atoms with Crippen molar-refractivity contribution < 1.29 is 14.3 Å². The fourth-order valence-corrected chi connectivity index (χ4v) is 3.58. The van der Waals surface area contributed by atoms with Crippen molar-refractivity contribution in [1.29, 1.82) is 0 Å². The predicted molar refractivity (Wildman–Crippen MR) is 108 cm³/mol. The normalized spacial score (nSPS) is 16.1. The van der Waals surface area contributed by atoms with E-state index in [9.17, 15) is 9.59 Å². The van der Waals surface area contributed by atoms with Crippen LogP contribution in [0.5, 0.6) is 0 Å². The van der Waals surface area contributed by atoms with Gasteiger partial charge in [-0.15, -0.1) is 0 Å². The minimum atomic E-state index is -0.139. The Bertz CT molecular complexity index is 798. The molecule has 0 spiro atoms. The number of carbonyl (C=O) groups is 2. The van der Waals surface area contributed by atoms with Crippen molar-refractivity contribution in [2.75, 3.05) is 33.3 Å². The Kier molecular flexibility index (Phi) is 6.98. The third kappa shape index (κ3) is 5.20. The summed E-state index contributed by atoms with van der Waals surface area (Å²) in [5, 5.41) is 4.13. The van der Waals surface area contributed by atoms with Gasteiger partial charge >= 0.3 is 5.97 Å². The van der Waals surface area contributed by atoms with E-state index in [2.05, 4.69) is 17.0 Å². The molecule has 0 N–H and O–H groups in total. The third-order valence-electron chi connectivity index (χ3n) is 5.57. The number of ether oxygens (including phenoxy) is 1. The number of nitrogens with zero attached hydrogens (tertiary/aromatic N) is 5. The van der Waals surface area contributed by atoms with Crippen molar-refractivity contribution in [3.63, 3.8) is 0 Å². The van der Waals surface area contributed by atoms with Crippen LogP contribution in [0.3, 0.4) is 0 Å². The second-order valence-corrected chi connectivity index (χ2v) is 7.43. The lowest BCUT2D eigenvalue weighted by Crippen LogP contribution is -2.45. The van der Waals surface area contributed by atoms with Gasteiger partial charge in [-0.1, -0.05) is 12.1 Å². The highest BCUT2D eigenvalue weighted by molar-refractivity contribution is 5.79. The SMILES string of the molecule is CCOC(=O)C1CCN(C(=O)CN(C)C(C)c2ccc(-n3cncn3)cc2)CC1. The second kappa shape index (κ2) is 9.65. The second-order valence-electron chi connectivity index (χ2n) is 7.43. The summed E-state index contributed by atoms with van der Waals surface area (Å²) in [6.07, 6.45) is 4.51. The van der Waals surface area contributed by atoms with Crippen LogP contribution in [0, 0.1) is 5.92 Å². The molecule has 0 saturated carbocycles. The maximum atomic E-state index is 12.7. The minimum Gasteiger partial charge on any atom is -0.466 e. The maximum absolute atomic E-state index is 12.7. The Labute approximate surface area is 171 Å². The van der Waals surface area contributed by atoms with Crippen LogP contribution in [0.15, 0.2) is 36.9 Å². The molecule has 8 heteroatoms. The van der Waals surface area contributed by atoms with E-state index >= 15 is 0 Å². The van der Waals surface area contributed by atoms with Gasteiger partial charge in [0, 0.05) is 19.1 Å². The van der Waals surface area contributed by atoms with E-state index < -0.39 is 0 Å². The first-order chi connectivity index (χ1) is 14.0. The molecule has 2 heterocycles. The zero-order valence-corrected chi connectivity index (χ0v) is 17.3. The van der Waals surface area contributed by atoms with Crippen LogP contribution in [0.25, 0.3) is 5.69 Å². The van der Waals surface area contributed by atoms with Gasteiger partial charge in [0.2, 0.25) is 5.91 Å². The Morgan fingerprint density at radius 1 is 1.24 bits per heavy atom. The molecule has 3 rings (SSSR count). The molecule has 1 aliphatic rings. The molecular weight excluding hydrogens is 370 g/mol. The van der Waals surface area contributed by atoms with Gasteiger partial charge in [-0.2, -0.15) is 5.10 Å². The van der Waals surface area contributed by atoms with Gasteiger partial charge in [0.25, 0.3) is 0 Å².